The van der Waals surface area contributed by atoms with Crippen LogP contribution in [0, 0.1) is 0 Å². The number of para-hydroxylation sites is 1. The number of amides is 1. The summed E-state index contributed by atoms with van der Waals surface area (Å²) in [5, 5.41) is 5.54. The molecule has 0 aromatic heterocycles. The van der Waals surface area contributed by atoms with Crippen LogP contribution < -0.4 is 15.4 Å². The fourth-order valence-corrected chi connectivity index (χ4v) is 4.30. The summed E-state index contributed by atoms with van der Waals surface area (Å²) in [5.74, 6) is -0.319. The van der Waals surface area contributed by atoms with Crippen LogP contribution in [0.15, 0.2) is 59.5 Å². The summed E-state index contributed by atoms with van der Waals surface area (Å²) >= 11 is 5.13. The van der Waals surface area contributed by atoms with Gasteiger partial charge in [0.25, 0.3) is 15.9 Å². The first-order valence-corrected chi connectivity index (χ1v) is 11.2. The van der Waals surface area contributed by atoms with E-state index >= 15 is 0 Å². The normalized spacial score (nSPS) is 14.3. The largest absolute Gasteiger partial charge is 0.368 e. The van der Waals surface area contributed by atoms with Gasteiger partial charge in [0.1, 0.15) is 6.61 Å². The second kappa shape index (κ2) is 9.82. The minimum Gasteiger partial charge on any atom is -0.368 e. The maximum atomic E-state index is 12.4. The number of rotatable bonds is 7. The lowest BCUT2D eigenvalue weighted by Crippen LogP contribution is -2.37. The van der Waals surface area contributed by atoms with Gasteiger partial charge in [-0.15, -0.1) is 0 Å². The molecule has 1 fully saturated rings. The van der Waals surface area contributed by atoms with Crippen molar-refractivity contribution >= 4 is 44.6 Å². The molecule has 9 heteroatoms. The molecular weight excluding hydrogens is 410 g/mol. The number of sulfonamides is 1. The number of carbonyl (C=O) groups excluding carboxylic acids is 1. The molecule has 0 spiro atoms. The van der Waals surface area contributed by atoms with Crippen molar-refractivity contribution in [1.29, 1.82) is 0 Å². The minimum atomic E-state index is -3.69. The Morgan fingerprint density at radius 2 is 1.66 bits per heavy atom. The van der Waals surface area contributed by atoms with E-state index in [9.17, 15) is 13.2 Å². The van der Waals surface area contributed by atoms with Gasteiger partial charge in [0.2, 0.25) is 0 Å². The van der Waals surface area contributed by atoms with Gasteiger partial charge in [-0.2, -0.15) is 0 Å². The second-order valence-electron chi connectivity index (χ2n) is 6.72. The average Bonchev–Trinajstić information content (AvgIpc) is 3.21. The number of ether oxygens (including phenoxy) is 1. The van der Waals surface area contributed by atoms with Gasteiger partial charge < -0.3 is 15.4 Å². The maximum Gasteiger partial charge on any atom is 0.261 e. The number of nitrogens with one attached hydrogen (secondary N) is 3. The van der Waals surface area contributed by atoms with E-state index < -0.39 is 10.0 Å². The maximum absolute atomic E-state index is 12.4. The molecule has 154 valence electrons. The fraction of sp³-hybridized carbons (Fsp3) is 0.300. The SMILES string of the molecule is O=C(COC1CCCC1)NC(=S)Nc1ccc(S(=O)(=O)Nc2ccccc2)cc1. The lowest BCUT2D eigenvalue weighted by atomic mass is 10.3. The van der Waals surface area contributed by atoms with Gasteiger partial charge in [-0.1, -0.05) is 31.0 Å². The van der Waals surface area contributed by atoms with E-state index in [4.69, 9.17) is 17.0 Å². The number of thiocarbonyl (C=S) groups is 1. The molecule has 7 nitrogen and oxygen atoms in total. The molecule has 2 aromatic rings. The fourth-order valence-electron chi connectivity index (χ4n) is 3.01. The molecule has 3 N–H and O–H groups in total. The molecule has 0 bridgehead atoms. The van der Waals surface area contributed by atoms with E-state index in [0.29, 0.717) is 11.4 Å². The average molecular weight is 434 g/mol. The summed E-state index contributed by atoms with van der Waals surface area (Å²) in [6, 6.07) is 14.7. The van der Waals surface area contributed by atoms with Gasteiger partial charge in [0.05, 0.1) is 11.0 Å². The third-order valence-corrected chi connectivity index (χ3v) is 6.06. The van der Waals surface area contributed by atoms with Crippen LogP contribution in [0.3, 0.4) is 0 Å². The summed E-state index contributed by atoms with van der Waals surface area (Å²) in [7, 11) is -3.69. The number of anilines is 2. The van der Waals surface area contributed by atoms with Gasteiger partial charge >= 0.3 is 0 Å². The van der Waals surface area contributed by atoms with Crippen LogP contribution in [0.5, 0.6) is 0 Å². The smallest absolute Gasteiger partial charge is 0.261 e. The van der Waals surface area contributed by atoms with Crippen molar-refractivity contribution < 1.29 is 17.9 Å². The molecule has 2 aromatic carbocycles. The molecule has 0 atom stereocenters. The van der Waals surface area contributed by atoms with Crippen molar-refractivity contribution in [3.63, 3.8) is 0 Å². The Labute approximate surface area is 175 Å². The first-order chi connectivity index (χ1) is 13.9. The first-order valence-electron chi connectivity index (χ1n) is 9.33. The van der Waals surface area contributed by atoms with Crippen LogP contribution in [0.4, 0.5) is 11.4 Å². The van der Waals surface area contributed by atoms with Gasteiger partial charge in [0.15, 0.2) is 5.11 Å². The Balaban J connectivity index is 1.50. The monoisotopic (exact) mass is 433 g/mol. The number of benzene rings is 2. The molecule has 0 aliphatic heterocycles. The summed E-state index contributed by atoms with van der Waals surface area (Å²) in [6.45, 7) is -0.0329. The van der Waals surface area contributed by atoms with Crippen molar-refractivity contribution in [2.24, 2.45) is 0 Å². The molecular formula is C20H23N3O4S2. The third kappa shape index (κ3) is 6.52. The van der Waals surface area contributed by atoms with Crippen molar-refractivity contribution in [3.8, 4) is 0 Å². The zero-order valence-electron chi connectivity index (χ0n) is 15.8. The predicted octanol–water partition coefficient (Wildman–Crippen LogP) is 3.26. The zero-order chi connectivity index (χ0) is 20.7. The zero-order valence-corrected chi connectivity index (χ0v) is 17.4. The molecule has 29 heavy (non-hydrogen) atoms. The highest BCUT2D eigenvalue weighted by molar-refractivity contribution is 7.92. The van der Waals surface area contributed by atoms with E-state index in [1.54, 1.807) is 42.5 Å². The van der Waals surface area contributed by atoms with E-state index in [0.717, 1.165) is 25.7 Å². The van der Waals surface area contributed by atoms with Crippen molar-refractivity contribution in [2.75, 3.05) is 16.6 Å². The highest BCUT2D eigenvalue weighted by atomic mass is 32.2. The molecule has 0 heterocycles. The first kappa shape index (κ1) is 21.2. The van der Waals surface area contributed by atoms with Crippen molar-refractivity contribution in [1.82, 2.24) is 5.32 Å². The second-order valence-corrected chi connectivity index (χ2v) is 8.81. The van der Waals surface area contributed by atoms with Crippen molar-refractivity contribution in [3.05, 3.63) is 54.6 Å². The van der Waals surface area contributed by atoms with Gasteiger partial charge in [-0.05, 0) is 61.5 Å². The number of hydrogen-bond acceptors (Lipinski definition) is 5. The number of hydrogen-bond donors (Lipinski definition) is 3. The van der Waals surface area contributed by atoms with Crippen LogP contribution in [-0.2, 0) is 19.6 Å². The lowest BCUT2D eigenvalue weighted by molar-refractivity contribution is -0.126. The quantitative estimate of drug-likeness (QED) is 0.580. The van der Waals surface area contributed by atoms with Crippen LogP contribution in [0.2, 0.25) is 0 Å². The molecule has 1 aliphatic carbocycles. The number of carbonyl (C=O) groups is 1. The Hall–Kier alpha value is -2.49. The molecule has 1 saturated carbocycles. The van der Waals surface area contributed by atoms with Gasteiger partial charge in [-0.3, -0.25) is 9.52 Å². The van der Waals surface area contributed by atoms with Gasteiger partial charge in [-0.25, -0.2) is 8.42 Å². The molecule has 0 radical (unpaired) electrons. The highest BCUT2D eigenvalue weighted by Crippen LogP contribution is 2.20. The Kier molecular flexibility index (Phi) is 7.18. The molecule has 0 saturated heterocycles. The topological polar surface area (TPSA) is 96.5 Å². The van der Waals surface area contributed by atoms with Crippen molar-refractivity contribution in [2.45, 2.75) is 36.7 Å². The van der Waals surface area contributed by atoms with Crippen LogP contribution in [0.25, 0.3) is 0 Å². The van der Waals surface area contributed by atoms with E-state index in [1.165, 1.54) is 12.1 Å². The van der Waals surface area contributed by atoms with E-state index in [2.05, 4.69) is 15.4 Å². The molecule has 1 aliphatic rings. The standard InChI is InChI=1S/C20H23N3O4S2/c24-19(14-27-17-8-4-5-9-17)22-20(28)21-15-10-12-18(13-11-15)29(25,26)23-16-6-2-1-3-7-16/h1-3,6-7,10-13,17,23H,4-5,8-9,14H2,(H2,21,22,24,28). The van der Waals surface area contributed by atoms with Crippen LogP contribution >= 0.6 is 12.2 Å². The Bertz CT molecular complexity index is 941. The molecule has 0 unspecified atom stereocenters. The van der Waals surface area contributed by atoms with Crippen LogP contribution in [0.1, 0.15) is 25.7 Å². The Morgan fingerprint density at radius 3 is 2.31 bits per heavy atom. The molecule has 3 rings (SSSR count). The summed E-state index contributed by atoms with van der Waals surface area (Å²) < 4.78 is 32.9. The van der Waals surface area contributed by atoms with E-state index in [1.807, 2.05) is 0 Å². The highest BCUT2D eigenvalue weighted by Gasteiger charge is 2.17. The summed E-state index contributed by atoms with van der Waals surface area (Å²) in [5.41, 5.74) is 1.05. The minimum absolute atomic E-state index is 0.0329. The van der Waals surface area contributed by atoms with E-state index in [-0.39, 0.29) is 28.6 Å². The lowest BCUT2D eigenvalue weighted by Gasteiger charge is -2.13. The summed E-state index contributed by atoms with van der Waals surface area (Å²) in [4.78, 5) is 12.0. The Morgan fingerprint density at radius 1 is 1.00 bits per heavy atom. The summed E-state index contributed by atoms with van der Waals surface area (Å²) in [6.07, 6.45) is 4.41. The molecule has 1 amide bonds. The van der Waals surface area contributed by atoms with Crippen LogP contribution in [-0.4, -0.2) is 32.1 Å². The predicted molar refractivity (Wildman–Crippen MR) is 116 cm³/mol. The van der Waals surface area contributed by atoms with Gasteiger partial charge in [0, 0.05) is 11.4 Å². The third-order valence-electron chi connectivity index (χ3n) is 4.45.